The lowest BCUT2D eigenvalue weighted by Crippen LogP contribution is -2.54. The average Bonchev–Trinajstić information content (AvgIpc) is 3.94. The number of nitrogens with zero attached hydrogens (tertiary/aromatic N) is 4. The summed E-state index contributed by atoms with van der Waals surface area (Å²) in [5.41, 5.74) is 1.88. The van der Waals surface area contributed by atoms with Crippen LogP contribution in [0.15, 0.2) is 67.0 Å². The van der Waals surface area contributed by atoms with Gasteiger partial charge in [-0.25, -0.2) is 14.6 Å². The van der Waals surface area contributed by atoms with Gasteiger partial charge in [-0.2, -0.15) is 0 Å². The molecule has 2 aromatic carbocycles. The van der Waals surface area contributed by atoms with Crippen LogP contribution in [0.5, 0.6) is 0 Å². The number of rotatable bonds is 11. The zero-order valence-electron chi connectivity index (χ0n) is 29.0. The molecule has 2 aliphatic heterocycles. The third-order valence-electron chi connectivity index (χ3n) is 9.38. The standard InChI is InChI=1S/C36H40N8O8S/c1-20(2)28(40-35(49)50)32(47)43-16-7-11-25(43)31(46)38-27-19-42-18-26(53-34(42)39-27)21-12-14-23(15-13-21)37-30(45)24-10-6-17-44(24)33(48)29(41-36(51)52)22-8-4-3-5-9-22/h3-5,8-9,12-15,18-20,24-25,28-29,40-41H,6-7,10-11,16-17H2,1-2H3,(H,37,45)(H,38,46)(H,49,50)(H,51,52)/t24-,25?,28-,29-/m0/s1. The van der Waals surface area contributed by atoms with Crippen LogP contribution in [-0.4, -0.2) is 96.4 Å². The van der Waals surface area contributed by atoms with Crippen molar-refractivity contribution in [1.82, 2.24) is 29.8 Å². The number of benzene rings is 2. The smallest absolute Gasteiger partial charge is 0.405 e. The normalized spacial score (nSPS) is 18.1. The first-order valence-electron chi connectivity index (χ1n) is 17.2. The third-order valence-corrected chi connectivity index (χ3v) is 10.4. The van der Waals surface area contributed by atoms with Gasteiger partial charge in [-0.1, -0.05) is 67.6 Å². The summed E-state index contributed by atoms with van der Waals surface area (Å²) in [5, 5.41) is 28.8. The third kappa shape index (κ3) is 8.25. The molecule has 6 amide bonds. The largest absolute Gasteiger partial charge is 0.465 e. The fraction of sp³-hybridized carbons (Fsp3) is 0.361. The summed E-state index contributed by atoms with van der Waals surface area (Å²) in [6.45, 7) is 4.16. The van der Waals surface area contributed by atoms with Gasteiger partial charge < -0.3 is 41.3 Å². The van der Waals surface area contributed by atoms with Crippen LogP contribution in [0.4, 0.5) is 21.1 Å². The lowest BCUT2D eigenvalue weighted by Gasteiger charge is -2.29. The fourth-order valence-electron chi connectivity index (χ4n) is 6.80. The van der Waals surface area contributed by atoms with Crippen molar-refractivity contribution in [3.63, 3.8) is 0 Å². The number of nitrogens with one attached hydrogen (secondary N) is 4. The molecule has 53 heavy (non-hydrogen) atoms. The molecule has 2 aliphatic rings. The predicted octanol–water partition coefficient (Wildman–Crippen LogP) is 4.22. The first kappa shape index (κ1) is 36.8. The Morgan fingerprint density at radius 1 is 0.774 bits per heavy atom. The summed E-state index contributed by atoms with van der Waals surface area (Å²) < 4.78 is 1.78. The average molecular weight is 745 g/mol. The van der Waals surface area contributed by atoms with Crippen molar-refractivity contribution in [3.05, 3.63) is 72.6 Å². The number of hydrogen-bond donors (Lipinski definition) is 6. The molecule has 2 aromatic heterocycles. The van der Waals surface area contributed by atoms with E-state index in [4.69, 9.17) is 0 Å². The Labute approximate surface area is 308 Å². The number of anilines is 2. The summed E-state index contributed by atoms with van der Waals surface area (Å²) in [5.74, 6) is -1.65. The van der Waals surface area contributed by atoms with Gasteiger partial charge >= 0.3 is 12.2 Å². The number of thiazole rings is 1. The Hall–Kier alpha value is -5.97. The van der Waals surface area contributed by atoms with E-state index in [0.717, 1.165) is 10.4 Å². The van der Waals surface area contributed by atoms with Crippen LogP contribution in [0, 0.1) is 5.92 Å². The molecule has 0 saturated carbocycles. The van der Waals surface area contributed by atoms with E-state index in [0.29, 0.717) is 60.8 Å². The molecule has 4 aromatic rings. The van der Waals surface area contributed by atoms with E-state index in [1.54, 1.807) is 66.9 Å². The number of likely N-dealkylation sites (tertiary alicyclic amines) is 2. The van der Waals surface area contributed by atoms with Crippen molar-refractivity contribution in [3.8, 4) is 10.4 Å². The van der Waals surface area contributed by atoms with Gasteiger partial charge in [0, 0.05) is 25.0 Å². The monoisotopic (exact) mass is 744 g/mol. The first-order valence-corrected chi connectivity index (χ1v) is 18.1. The summed E-state index contributed by atoms with van der Waals surface area (Å²) in [6, 6.07) is 12.1. The molecule has 2 fully saturated rings. The molecule has 278 valence electrons. The van der Waals surface area contributed by atoms with Crippen molar-refractivity contribution in [2.45, 2.75) is 63.7 Å². The Balaban J connectivity index is 1.07. The van der Waals surface area contributed by atoms with Gasteiger partial charge in [-0.05, 0) is 54.9 Å². The van der Waals surface area contributed by atoms with Crippen molar-refractivity contribution >= 4 is 63.6 Å². The van der Waals surface area contributed by atoms with E-state index in [1.807, 2.05) is 18.3 Å². The zero-order valence-corrected chi connectivity index (χ0v) is 29.8. The van der Waals surface area contributed by atoms with E-state index in [2.05, 4.69) is 26.3 Å². The predicted molar refractivity (Wildman–Crippen MR) is 195 cm³/mol. The van der Waals surface area contributed by atoms with E-state index in [9.17, 15) is 39.0 Å². The number of imidazole rings is 1. The number of amides is 6. The van der Waals surface area contributed by atoms with Crippen LogP contribution in [0.3, 0.4) is 0 Å². The molecular formula is C36H40N8O8S. The molecule has 17 heteroatoms. The molecular weight excluding hydrogens is 705 g/mol. The fourth-order valence-corrected chi connectivity index (χ4v) is 7.77. The lowest BCUT2D eigenvalue weighted by molar-refractivity contribution is -0.139. The maximum absolute atomic E-state index is 13.5. The van der Waals surface area contributed by atoms with Crippen LogP contribution in [-0.2, 0) is 19.2 Å². The van der Waals surface area contributed by atoms with Gasteiger partial charge in [0.15, 0.2) is 10.8 Å². The SMILES string of the molecule is CC(C)[C@H](NC(=O)O)C(=O)N1CCCC1C(=O)Nc1cn2cc(-c3ccc(NC(=O)[C@@H]4CCCN4C(=O)[C@@H](NC(=O)O)c4ccccc4)cc3)sc2n1. The van der Waals surface area contributed by atoms with Crippen LogP contribution in [0.25, 0.3) is 15.4 Å². The Morgan fingerprint density at radius 3 is 1.96 bits per heavy atom. The molecule has 0 radical (unpaired) electrons. The van der Waals surface area contributed by atoms with E-state index in [-0.39, 0.29) is 11.8 Å². The molecule has 6 rings (SSSR count). The highest BCUT2D eigenvalue weighted by Crippen LogP contribution is 2.31. The molecule has 1 unspecified atom stereocenters. The van der Waals surface area contributed by atoms with Crippen LogP contribution in [0.2, 0.25) is 0 Å². The molecule has 0 spiro atoms. The second kappa shape index (κ2) is 15.7. The Morgan fingerprint density at radius 2 is 1.38 bits per heavy atom. The summed E-state index contributed by atoms with van der Waals surface area (Å²) in [7, 11) is 0. The number of hydrogen-bond acceptors (Lipinski definition) is 8. The molecule has 4 heterocycles. The number of carboxylic acid groups (broad SMARTS) is 2. The van der Waals surface area contributed by atoms with Gasteiger partial charge in [0.25, 0.3) is 5.91 Å². The number of aromatic nitrogens is 2. The number of fused-ring (bicyclic) bond motifs is 1. The molecule has 6 N–H and O–H groups in total. The minimum absolute atomic E-state index is 0.295. The summed E-state index contributed by atoms with van der Waals surface area (Å²) >= 11 is 1.39. The minimum Gasteiger partial charge on any atom is -0.465 e. The minimum atomic E-state index is -1.34. The summed E-state index contributed by atoms with van der Waals surface area (Å²) in [4.78, 5) is 85.0. The highest BCUT2D eigenvalue weighted by Gasteiger charge is 2.40. The van der Waals surface area contributed by atoms with Crippen LogP contribution < -0.4 is 21.3 Å². The van der Waals surface area contributed by atoms with Crippen molar-refractivity contribution in [1.29, 1.82) is 0 Å². The van der Waals surface area contributed by atoms with Crippen molar-refractivity contribution in [2.75, 3.05) is 23.7 Å². The van der Waals surface area contributed by atoms with Gasteiger partial charge in [0.05, 0.1) is 11.1 Å². The molecule has 16 nitrogen and oxygen atoms in total. The van der Waals surface area contributed by atoms with Gasteiger partial charge in [-0.3, -0.25) is 23.6 Å². The highest BCUT2D eigenvalue weighted by molar-refractivity contribution is 7.20. The molecule has 0 bridgehead atoms. The summed E-state index contributed by atoms with van der Waals surface area (Å²) in [6.07, 6.45) is 3.02. The van der Waals surface area contributed by atoms with E-state index < -0.39 is 54.1 Å². The van der Waals surface area contributed by atoms with E-state index >= 15 is 0 Å². The van der Waals surface area contributed by atoms with Gasteiger partial charge in [0.1, 0.15) is 24.2 Å². The highest BCUT2D eigenvalue weighted by atomic mass is 32.1. The second-order valence-electron chi connectivity index (χ2n) is 13.3. The number of carbonyl (C=O) groups is 6. The molecule has 4 atom stereocenters. The Kier molecular flexibility index (Phi) is 10.9. The maximum Gasteiger partial charge on any atom is 0.405 e. The van der Waals surface area contributed by atoms with Crippen LogP contribution in [0.1, 0.15) is 51.1 Å². The van der Waals surface area contributed by atoms with Crippen LogP contribution >= 0.6 is 11.3 Å². The van der Waals surface area contributed by atoms with Gasteiger partial charge in [-0.15, -0.1) is 0 Å². The maximum atomic E-state index is 13.5. The molecule has 0 aliphatic carbocycles. The van der Waals surface area contributed by atoms with Crippen molar-refractivity contribution < 1.29 is 39.0 Å². The van der Waals surface area contributed by atoms with Crippen molar-refractivity contribution in [2.24, 2.45) is 5.92 Å². The van der Waals surface area contributed by atoms with E-state index in [1.165, 1.54) is 21.1 Å². The second-order valence-corrected chi connectivity index (χ2v) is 14.3. The zero-order chi connectivity index (χ0) is 37.8. The lowest BCUT2D eigenvalue weighted by atomic mass is 10.0. The quantitative estimate of drug-likeness (QED) is 0.129. The van der Waals surface area contributed by atoms with Gasteiger partial charge in [0.2, 0.25) is 17.7 Å². The first-order chi connectivity index (χ1) is 25.4. The number of carbonyl (C=O) groups excluding carboxylic acids is 4. The Bertz CT molecular complexity index is 1980. The molecule has 2 saturated heterocycles. The topological polar surface area (TPSA) is 215 Å².